The van der Waals surface area contributed by atoms with E-state index in [2.05, 4.69) is 10.6 Å². The Morgan fingerprint density at radius 1 is 1.14 bits per heavy atom. The van der Waals surface area contributed by atoms with Crippen LogP contribution in [0.25, 0.3) is 11.3 Å². The van der Waals surface area contributed by atoms with Crippen LogP contribution in [0.2, 0.25) is 0 Å². The van der Waals surface area contributed by atoms with Crippen LogP contribution in [0.5, 0.6) is 0 Å². The molecule has 2 atom stereocenters. The number of alkyl halides is 3. The fourth-order valence-electron chi connectivity index (χ4n) is 4.77. The molecular formula is C29H31F3N4O7S. The molecule has 1 aromatic carbocycles. The van der Waals surface area contributed by atoms with Gasteiger partial charge in [0, 0.05) is 24.2 Å². The van der Waals surface area contributed by atoms with E-state index in [0.717, 1.165) is 28.7 Å². The van der Waals surface area contributed by atoms with Crippen LogP contribution >= 0.6 is 0 Å². The Balaban J connectivity index is 1.44. The Morgan fingerprint density at radius 3 is 2.57 bits per heavy atom. The minimum atomic E-state index is -4.56. The number of aromatic nitrogens is 1. The van der Waals surface area contributed by atoms with Gasteiger partial charge < -0.3 is 20.3 Å². The van der Waals surface area contributed by atoms with Crippen molar-refractivity contribution in [3.05, 3.63) is 77.3 Å². The molecule has 3 aromatic rings. The number of hydrogen-bond donors (Lipinski definition) is 2. The molecule has 2 N–H and O–H groups in total. The van der Waals surface area contributed by atoms with Gasteiger partial charge in [-0.2, -0.15) is 22.2 Å². The van der Waals surface area contributed by atoms with Gasteiger partial charge in [-0.3, -0.25) is 14.4 Å². The lowest BCUT2D eigenvalue weighted by atomic mass is 10.0. The Labute approximate surface area is 251 Å². The van der Waals surface area contributed by atoms with Gasteiger partial charge in [-0.15, -0.1) is 0 Å². The predicted molar refractivity (Wildman–Crippen MR) is 150 cm³/mol. The maximum atomic E-state index is 13.3. The first-order valence-electron chi connectivity index (χ1n) is 13.8. The highest BCUT2D eigenvalue weighted by atomic mass is 32.2. The van der Waals surface area contributed by atoms with Crippen LogP contribution < -0.4 is 15.4 Å². The number of furan rings is 1. The number of carbonyl (C=O) groups excluding carboxylic acids is 3. The van der Waals surface area contributed by atoms with Gasteiger partial charge in [0.25, 0.3) is 5.91 Å². The van der Waals surface area contributed by atoms with E-state index in [4.69, 9.17) is 4.42 Å². The summed E-state index contributed by atoms with van der Waals surface area (Å²) in [6.45, 7) is 3.02. The molecule has 1 fully saturated rings. The summed E-state index contributed by atoms with van der Waals surface area (Å²) in [6, 6.07) is 8.79. The summed E-state index contributed by atoms with van der Waals surface area (Å²) in [5.74, 6) is -2.33. The zero-order valence-corrected chi connectivity index (χ0v) is 24.7. The van der Waals surface area contributed by atoms with Crippen molar-refractivity contribution >= 4 is 27.6 Å². The van der Waals surface area contributed by atoms with Crippen LogP contribution in [0.1, 0.15) is 49.2 Å². The number of amides is 2. The van der Waals surface area contributed by atoms with Crippen LogP contribution in [0.15, 0.2) is 70.2 Å². The third-order valence-electron chi connectivity index (χ3n) is 6.96. The van der Waals surface area contributed by atoms with E-state index >= 15 is 0 Å². The lowest BCUT2D eigenvalue weighted by Crippen LogP contribution is -2.52. The number of sulfonamides is 1. The topological polar surface area (TPSA) is 153 Å². The van der Waals surface area contributed by atoms with Crippen molar-refractivity contribution < 1.29 is 45.1 Å². The van der Waals surface area contributed by atoms with E-state index < -0.39 is 63.0 Å². The van der Waals surface area contributed by atoms with E-state index in [1.165, 1.54) is 36.4 Å². The maximum absolute atomic E-state index is 13.3. The second-order valence-corrected chi connectivity index (χ2v) is 12.7. The molecule has 0 spiro atoms. The van der Waals surface area contributed by atoms with Crippen LogP contribution in [0.4, 0.5) is 13.2 Å². The minimum absolute atomic E-state index is 0.0210. The highest BCUT2D eigenvalue weighted by molar-refractivity contribution is 7.89. The van der Waals surface area contributed by atoms with Gasteiger partial charge in [0.05, 0.1) is 18.2 Å². The molecule has 1 aliphatic rings. The monoisotopic (exact) mass is 636 g/mol. The Hall–Kier alpha value is -4.24. The Kier molecular flexibility index (Phi) is 9.78. The highest BCUT2D eigenvalue weighted by Crippen LogP contribution is 2.32. The second-order valence-electron chi connectivity index (χ2n) is 10.8. The second kappa shape index (κ2) is 13.2. The number of halogens is 3. The average molecular weight is 637 g/mol. The van der Waals surface area contributed by atoms with Crippen molar-refractivity contribution in [3.8, 4) is 11.3 Å². The number of benzene rings is 1. The van der Waals surface area contributed by atoms with Crippen LogP contribution in [0, 0.1) is 11.1 Å². The molecule has 3 heterocycles. The predicted octanol–water partition coefficient (Wildman–Crippen LogP) is 3.28. The third kappa shape index (κ3) is 7.63. The van der Waals surface area contributed by atoms with Crippen LogP contribution in [0.3, 0.4) is 0 Å². The number of Topliss-reactive ketones (excluding diaryl/α,β-unsaturated/α-hetero) is 1. The molecule has 44 heavy (non-hydrogen) atoms. The summed E-state index contributed by atoms with van der Waals surface area (Å²) >= 11 is 0. The molecule has 11 nitrogen and oxygen atoms in total. The van der Waals surface area contributed by atoms with Gasteiger partial charge in [-0.1, -0.05) is 26.0 Å². The largest absolute Gasteiger partial charge is 0.618 e. The fraction of sp³-hybridized carbons (Fsp3) is 0.379. The van der Waals surface area contributed by atoms with Crippen LogP contribution in [-0.4, -0.2) is 55.5 Å². The molecule has 1 aliphatic heterocycles. The number of ketones is 1. The SMILES string of the molecule is CC(C)CC(NC(=O)c1ccc(-c2cccc(C(F)(F)F)c2)o1)C(=O)N[C@H]1CCCN(S(=O)(=O)c2cccc[n+]2[O-])CC1=O. The number of carbonyl (C=O) groups is 3. The van der Waals surface area contributed by atoms with Gasteiger partial charge in [0.2, 0.25) is 5.91 Å². The van der Waals surface area contributed by atoms with Gasteiger partial charge in [0.15, 0.2) is 17.7 Å². The summed E-state index contributed by atoms with van der Waals surface area (Å²) in [6.07, 6.45) is -3.00. The summed E-state index contributed by atoms with van der Waals surface area (Å²) in [4.78, 5) is 39.3. The number of rotatable bonds is 9. The highest BCUT2D eigenvalue weighted by Gasteiger charge is 2.37. The third-order valence-corrected chi connectivity index (χ3v) is 8.80. The molecule has 2 amide bonds. The van der Waals surface area contributed by atoms with Crippen molar-refractivity contribution in [1.29, 1.82) is 0 Å². The molecule has 1 unspecified atom stereocenters. The molecule has 236 valence electrons. The zero-order chi connectivity index (χ0) is 32.2. The first kappa shape index (κ1) is 32.7. The molecule has 1 saturated heterocycles. The summed E-state index contributed by atoms with van der Waals surface area (Å²) in [5, 5.41) is 16.7. The fourth-order valence-corrected chi connectivity index (χ4v) is 6.24. The van der Waals surface area contributed by atoms with Gasteiger partial charge in [-0.25, -0.2) is 8.42 Å². The van der Waals surface area contributed by atoms with Crippen LogP contribution in [-0.2, 0) is 25.8 Å². The Bertz CT molecular complexity index is 1640. The molecule has 0 radical (unpaired) electrons. The lowest BCUT2D eigenvalue weighted by Gasteiger charge is -2.23. The Morgan fingerprint density at radius 2 is 1.89 bits per heavy atom. The average Bonchev–Trinajstić information content (AvgIpc) is 3.38. The lowest BCUT2D eigenvalue weighted by molar-refractivity contribution is -0.646. The van der Waals surface area contributed by atoms with E-state index in [0.29, 0.717) is 0 Å². The summed E-state index contributed by atoms with van der Waals surface area (Å²) in [7, 11) is -4.28. The van der Waals surface area contributed by atoms with Crippen molar-refractivity contribution in [2.75, 3.05) is 13.1 Å². The van der Waals surface area contributed by atoms with Crippen molar-refractivity contribution in [2.45, 2.75) is 56.4 Å². The van der Waals surface area contributed by atoms with E-state index in [1.54, 1.807) is 0 Å². The zero-order valence-electron chi connectivity index (χ0n) is 23.8. The quantitative estimate of drug-likeness (QED) is 0.270. The number of hydrogen-bond acceptors (Lipinski definition) is 7. The van der Waals surface area contributed by atoms with E-state index in [9.17, 15) is 41.2 Å². The first-order chi connectivity index (χ1) is 20.7. The van der Waals surface area contributed by atoms with Crippen molar-refractivity contribution in [1.82, 2.24) is 14.9 Å². The van der Waals surface area contributed by atoms with Gasteiger partial charge >= 0.3 is 21.2 Å². The number of nitrogens with zero attached hydrogens (tertiary/aromatic N) is 2. The molecule has 0 aliphatic carbocycles. The molecular weight excluding hydrogens is 605 g/mol. The molecule has 4 rings (SSSR count). The van der Waals surface area contributed by atoms with Gasteiger partial charge in [0.1, 0.15) is 11.8 Å². The number of pyridine rings is 1. The normalized spacial score (nSPS) is 17.2. The van der Waals surface area contributed by atoms with Crippen molar-refractivity contribution in [3.63, 3.8) is 0 Å². The van der Waals surface area contributed by atoms with E-state index in [1.807, 2.05) is 13.8 Å². The first-order valence-corrected chi connectivity index (χ1v) is 15.2. The number of nitrogens with one attached hydrogen (secondary N) is 2. The maximum Gasteiger partial charge on any atom is 0.416 e. The van der Waals surface area contributed by atoms with Crippen molar-refractivity contribution in [2.24, 2.45) is 5.92 Å². The molecule has 0 saturated carbocycles. The molecule has 15 heteroatoms. The molecule has 0 bridgehead atoms. The standard InChI is InChI=1S/C29H31F3N4O7S/c1-18(2)15-22(34-28(39)25-12-11-24(43-25)19-7-5-8-20(16-19)29(30,31)32)27(38)33-21-9-6-13-35(17-23(21)37)44(41,42)26-10-3-4-14-36(26)40/h3-5,7-8,10-12,14,16,18,21-22H,6,9,13,15,17H2,1-2H3,(H,33,38)(H,34,39)/t21-,22?/m0/s1. The minimum Gasteiger partial charge on any atom is -0.618 e. The summed E-state index contributed by atoms with van der Waals surface area (Å²) in [5.41, 5.74) is -0.774. The smallest absolute Gasteiger partial charge is 0.416 e. The molecule has 2 aromatic heterocycles. The van der Waals surface area contributed by atoms with E-state index in [-0.39, 0.29) is 53.5 Å². The van der Waals surface area contributed by atoms with Gasteiger partial charge in [-0.05, 0) is 55.5 Å². The summed E-state index contributed by atoms with van der Waals surface area (Å²) < 4.78 is 72.0.